The van der Waals surface area contributed by atoms with Crippen LogP contribution in [-0.4, -0.2) is 19.1 Å². The van der Waals surface area contributed by atoms with E-state index in [1.807, 2.05) is 6.92 Å². The molecule has 0 aromatic carbocycles. The van der Waals surface area contributed by atoms with Gasteiger partial charge in [0, 0.05) is 0 Å². The molecule has 3 nitrogen and oxygen atoms in total. The Morgan fingerprint density at radius 1 is 1.75 bits per heavy atom. The average Bonchev–Trinajstić information content (AvgIpc) is 1.83. The molecule has 0 aromatic rings. The van der Waals surface area contributed by atoms with E-state index in [1.54, 1.807) is 0 Å². The van der Waals surface area contributed by atoms with Gasteiger partial charge in [0.1, 0.15) is 0 Å². The lowest BCUT2D eigenvalue weighted by Crippen LogP contribution is -2.16. The smallest absolute Gasteiger partial charge is 0.319 e. The Morgan fingerprint density at radius 2 is 2.38 bits per heavy atom. The summed E-state index contributed by atoms with van der Waals surface area (Å²) in [4.78, 5) is 10.2. The Kier molecular flexibility index (Phi) is 4.26. The molecule has 0 aromatic heterocycles. The molecule has 0 bridgehead atoms. The molecule has 2 N–H and O–H groups in total. The summed E-state index contributed by atoms with van der Waals surface area (Å²) < 4.78 is 4.58. The van der Waals surface area contributed by atoms with E-state index in [2.05, 4.69) is 4.74 Å². The number of carbonyl (C=O) groups is 1. The van der Waals surface area contributed by atoms with Gasteiger partial charge in [-0.3, -0.25) is 4.79 Å². The molecular formula is C5H11NO2. The highest BCUT2D eigenvalue weighted by Crippen LogP contribution is 1.78. The van der Waals surface area contributed by atoms with Gasteiger partial charge in [-0.25, -0.2) is 0 Å². The number of rotatable bonds is 3. The van der Waals surface area contributed by atoms with Gasteiger partial charge in [-0.2, -0.15) is 0 Å². The lowest BCUT2D eigenvalue weighted by molar-refractivity contribution is -0.141. The second-order valence-electron chi connectivity index (χ2n) is 1.42. The molecule has 3 heteroatoms. The van der Waals surface area contributed by atoms with Crippen LogP contribution >= 0.6 is 0 Å². The third kappa shape index (κ3) is 3.61. The topological polar surface area (TPSA) is 52.3 Å². The molecule has 0 unspecified atom stereocenters. The Balaban J connectivity index is 2.99. The zero-order chi connectivity index (χ0) is 6.41. The Bertz CT molecular complexity index is 72.8. The van der Waals surface area contributed by atoms with Gasteiger partial charge < -0.3 is 10.5 Å². The molecule has 0 aliphatic rings. The predicted molar refractivity (Wildman–Crippen MR) is 30.3 cm³/mol. The summed E-state index contributed by atoms with van der Waals surface area (Å²) in [7, 11) is 0. The molecule has 0 amide bonds. The van der Waals surface area contributed by atoms with Crippen molar-refractivity contribution in [3.05, 3.63) is 0 Å². The van der Waals surface area contributed by atoms with Crippen molar-refractivity contribution in [2.75, 3.05) is 13.2 Å². The molecular weight excluding hydrogens is 106 g/mol. The minimum absolute atomic E-state index is 0.0139. The highest BCUT2D eigenvalue weighted by atomic mass is 16.5. The summed E-state index contributed by atoms with van der Waals surface area (Å²) in [5, 5.41) is 0. The van der Waals surface area contributed by atoms with E-state index < -0.39 is 0 Å². The van der Waals surface area contributed by atoms with Crippen molar-refractivity contribution in [3.63, 3.8) is 0 Å². The number of ether oxygens (including phenoxy) is 1. The summed E-state index contributed by atoms with van der Waals surface area (Å²) >= 11 is 0. The molecule has 0 heterocycles. The largest absolute Gasteiger partial charge is 0.465 e. The van der Waals surface area contributed by atoms with E-state index in [4.69, 9.17) is 5.73 Å². The van der Waals surface area contributed by atoms with E-state index in [1.165, 1.54) is 0 Å². The molecule has 0 atom stereocenters. The van der Waals surface area contributed by atoms with Crippen molar-refractivity contribution >= 4 is 5.97 Å². The third-order valence-corrected chi connectivity index (χ3v) is 0.634. The highest BCUT2D eigenvalue weighted by Gasteiger charge is 1.93. The number of hydrogen-bond donors (Lipinski definition) is 1. The van der Waals surface area contributed by atoms with Crippen LogP contribution in [0.15, 0.2) is 0 Å². The first-order valence-corrected chi connectivity index (χ1v) is 2.67. The standard InChI is InChI=1S/C5H11NO2/c1-2-3-8-5(7)4-6/h2-4,6H2,1H3. The van der Waals surface area contributed by atoms with Crippen molar-refractivity contribution in [2.24, 2.45) is 5.73 Å². The molecule has 0 aliphatic heterocycles. The van der Waals surface area contributed by atoms with Gasteiger partial charge in [0.15, 0.2) is 0 Å². The molecule has 0 fully saturated rings. The van der Waals surface area contributed by atoms with Gasteiger partial charge in [-0.15, -0.1) is 0 Å². The molecule has 48 valence electrons. The minimum Gasteiger partial charge on any atom is -0.465 e. The van der Waals surface area contributed by atoms with E-state index >= 15 is 0 Å². The average molecular weight is 117 g/mol. The molecule has 0 saturated heterocycles. The van der Waals surface area contributed by atoms with E-state index in [-0.39, 0.29) is 12.5 Å². The maximum Gasteiger partial charge on any atom is 0.319 e. The molecule has 0 saturated carbocycles. The van der Waals surface area contributed by atoms with Crippen molar-refractivity contribution in [1.82, 2.24) is 0 Å². The van der Waals surface area contributed by atoms with Crippen LogP contribution in [0.2, 0.25) is 0 Å². The fourth-order valence-electron chi connectivity index (χ4n) is 0.275. The van der Waals surface area contributed by atoms with Crippen LogP contribution in [0.3, 0.4) is 0 Å². The number of hydrogen-bond acceptors (Lipinski definition) is 3. The van der Waals surface area contributed by atoms with E-state index in [0.29, 0.717) is 6.61 Å². The number of nitrogens with two attached hydrogens (primary N) is 1. The lowest BCUT2D eigenvalue weighted by Gasteiger charge is -1.97. The van der Waals surface area contributed by atoms with Crippen LogP contribution < -0.4 is 5.73 Å². The second-order valence-corrected chi connectivity index (χ2v) is 1.42. The van der Waals surface area contributed by atoms with E-state index in [0.717, 1.165) is 6.42 Å². The second kappa shape index (κ2) is 4.59. The van der Waals surface area contributed by atoms with Crippen molar-refractivity contribution in [1.29, 1.82) is 0 Å². The summed E-state index contributed by atoms with van der Waals surface area (Å²) in [6, 6.07) is 0. The fraction of sp³-hybridized carbons (Fsp3) is 0.800. The van der Waals surface area contributed by atoms with Gasteiger partial charge in [-0.05, 0) is 6.42 Å². The van der Waals surface area contributed by atoms with Crippen LogP contribution in [0, 0.1) is 0 Å². The molecule has 0 rings (SSSR count). The van der Waals surface area contributed by atoms with Gasteiger partial charge in [-0.1, -0.05) is 6.92 Å². The zero-order valence-electron chi connectivity index (χ0n) is 5.02. The first-order valence-electron chi connectivity index (χ1n) is 2.67. The van der Waals surface area contributed by atoms with Crippen LogP contribution in [0.5, 0.6) is 0 Å². The zero-order valence-corrected chi connectivity index (χ0v) is 5.02. The third-order valence-electron chi connectivity index (χ3n) is 0.634. The van der Waals surface area contributed by atoms with Gasteiger partial charge in [0.05, 0.1) is 13.2 Å². The minimum atomic E-state index is -0.327. The Labute approximate surface area is 48.8 Å². The summed E-state index contributed by atoms with van der Waals surface area (Å²) in [5.74, 6) is -0.327. The molecule has 0 spiro atoms. The molecule has 0 aliphatic carbocycles. The number of carbonyl (C=O) groups excluding carboxylic acids is 1. The van der Waals surface area contributed by atoms with Crippen LogP contribution in [0.1, 0.15) is 13.3 Å². The summed E-state index contributed by atoms with van der Waals surface area (Å²) in [5.41, 5.74) is 4.94. The van der Waals surface area contributed by atoms with Crippen LogP contribution in [0.25, 0.3) is 0 Å². The van der Waals surface area contributed by atoms with Crippen LogP contribution in [-0.2, 0) is 9.53 Å². The normalized spacial score (nSPS) is 8.75. The van der Waals surface area contributed by atoms with Crippen LogP contribution in [0.4, 0.5) is 0 Å². The number of esters is 1. The molecule has 0 radical (unpaired) electrons. The molecule has 8 heavy (non-hydrogen) atoms. The first-order chi connectivity index (χ1) is 3.81. The maximum atomic E-state index is 10.2. The lowest BCUT2D eigenvalue weighted by atomic mass is 10.5. The van der Waals surface area contributed by atoms with Gasteiger partial charge in [0.25, 0.3) is 0 Å². The maximum absolute atomic E-state index is 10.2. The highest BCUT2D eigenvalue weighted by molar-refractivity contribution is 5.71. The fourth-order valence-corrected chi connectivity index (χ4v) is 0.275. The van der Waals surface area contributed by atoms with Crippen molar-refractivity contribution in [2.45, 2.75) is 13.3 Å². The van der Waals surface area contributed by atoms with Gasteiger partial charge >= 0.3 is 5.97 Å². The monoisotopic (exact) mass is 117 g/mol. The van der Waals surface area contributed by atoms with E-state index in [9.17, 15) is 4.79 Å². The van der Waals surface area contributed by atoms with Crippen molar-refractivity contribution in [3.8, 4) is 0 Å². The quantitative estimate of drug-likeness (QED) is 0.525. The summed E-state index contributed by atoms with van der Waals surface area (Å²) in [6.07, 6.45) is 0.853. The SMILES string of the molecule is CCCOC(=O)CN. The van der Waals surface area contributed by atoms with Gasteiger partial charge in [0.2, 0.25) is 0 Å². The first kappa shape index (κ1) is 7.43. The van der Waals surface area contributed by atoms with Crippen molar-refractivity contribution < 1.29 is 9.53 Å². The predicted octanol–water partition coefficient (Wildman–Crippen LogP) is -0.102. The Hall–Kier alpha value is -0.570. The summed E-state index contributed by atoms with van der Waals surface area (Å²) in [6.45, 7) is 2.40. The Morgan fingerprint density at radius 3 is 2.75 bits per heavy atom.